The third-order valence-electron chi connectivity index (χ3n) is 9.94. The van der Waals surface area contributed by atoms with E-state index < -0.39 is 5.41 Å². The van der Waals surface area contributed by atoms with Crippen LogP contribution in [-0.4, -0.2) is 30.4 Å². The quantitative estimate of drug-likeness (QED) is 0.643. The van der Waals surface area contributed by atoms with E-state index in [0.29, 0.717) is 43.7 Å². The van der Waals surface area contributed by atoms with Gasteiger partial charge < -0.3 is 4.74 Å². The second-order valence-electron chi connectivity index (χ2n) is 11.0. The molecule has 4 fully saturated rings. The number of hydrogen-bond acceptors (Lipinski definition) is 5. The van der Waals surface area contributed by atoms with Crippen LogP contribution in [0.25, 0.3) is 0 Å². The minimum Gasteiger partial charge on any atom is -0.469 e. The number of hydrogen-bond donors (Lipinski definition) is 0. The van der Waals surface area contributed by atoms with Gasteiger partial charge in [0.25, 0.3) is 0 Å². The summed E-state index contributed by atoms with van der Waals surface area (Å²) in [6.45, 7) is 6.50. The van der Waals surface area contributed by atoms with E-state index >= 15 is 0 Å². The van der Waals surface area contributed by atoms with Crippen molar-refractivity contribution in [2.45, 2.75) is 78.6 Å². The second-order valence-corrected chi connectivity index (χ2v) is 11.0. The molecule has 8 unspecified atom stereocenters. The molecule has 0 spiro atoms. The number of methoxy groups -OCH3 is 1. The minimum absolute atomic E-state index is 0.0417. The summed E-state index contributed by atoms with van der Waals surface area (Å²) in [5.74, 6) is 1.41. The van der Waals surface area contributed by atoms with Gasteiger partial charge in [-0.3, -0.25) is 19.2 Å². The number of Topliss-reactive ketones (excluding diaryl/α,β-unsaturated/α-hetero) is 3. The van der Waals surface area contributed by atoms with Crippen molar-refractivity contribution in [3.05, 3.63) is 0 Å². The van der Waals surface area contributed by atoms with Crippen LogP contribution in [0.4, 0.5) is 0 Å². The molecule has 4 aliphatic rings. The van der Waals surface area contributed by atoms with Crippen molar-refractivity contribution < 1.29 is 23.9 Å². The van der Waals surface area contributed by atoms with Crippen molar-refractivity contribution in [1.29, 1.82) is 0 Å². The molecule has 0 N–H and O–H groups in total. The predicted molar refractivity (Wildman–Crippen MR) is 111 cm³/mol. The van der Waals surface area contributed by atoms with Gasteiger partial charge in [0.05, 0.1) is 7.11 Å². The lowest BCUT2D eigenvalue weighted by molar-refractivity contribution is -0.166. The van der Waals surface area contributed by atoms with Crippen molar-refractivity contribution >= 4 is 23.3 Å². The van der Waals surface area contributed by atoms with Gasteiger partial charge in [0.1, 0.15) is 17.3 Å². The first kappa shape index (κ1) is 21.7. The number of carbonyl (C=O) groups excluding carboxylic acids is 4. The average molecular weight is 417 g/mol. The third-order valence-corrected chi connectivity index (χ3v) is 9.94. The highest BCUT2D eigenvalue weighted by Crippen LogP contribution is 2.66. The fraction of sp³-hybridized carbons (Fsp3) is 0.840. The Kier molecular flexibility index (Phi) is 5.47. The molecule has 0 bridgehead atoms. The molecule has 0 aliphatic heterocycles. The summed E-state index contributed by atoms with van der Waals surface area (Å²) in [7, 11) is 1.41. The Morgan fingerprint density at radius 3 is 2.53 bits per heavy atom. The molecule has 166 valence electrons. The van der Waals surface area contributed by atoms with Crippen molar-refractivity contribution in [3.63, 3.8) is 0 Å². The Balaban J connectivity index is 1.60. The van der Waals surface area contributed by atoms with Crippen molar-refractivity contribution in [3.8, 4) is 0 Å². The van der Waals surface area contributed by atoms with Crippen LogP contribution < -0.4 is 0 Å². The summed E-state index contributed by atoms with van der Waals surface area (Å²) in [5.41, 5.74) is -0.544. The van der Waals surface area contributed by atoms with Gasteiger partial charge in [-0.2, -0.15) is 0 Å². The lowest BCUT2D eigenvalue weighted by atomic mass is 9.44. The van der Waals surface area contributed by atoms with Gasteiger partial charge in [0.2, 0.25) is 0 Å². The molecule has 8 atom stereocenters. The Morgan fingerprint density at radius 1 is 1.10 bits per heavy atom. The van der Waals surface area contributed by atoms with Crippen LogP contribution in [0.15, 0.2) is 0 Å². The van der Waals surface area contributed by atoms with E-state index in [-0.39, 0.29) is 52.7 Å². The number of esters is 1. The summed E-state index contributed by atoms with van der Waals surface area (Å²) < 4.78 is 4.80. The fourth-order valence-electron chi connectivity index (χ4n) is 8.04. The number of fused-ring (bicyclic) bond motifs is 5. The smallest absolute Gasteiger partial charge is 0.305 e. The minimum atomic E-state index is -0.472. The Bertz CT molecular complexity index is 772. The van der Waals surface area contributed by atoms with E-state index in [2.05, 4.69) is 20.8 Å². The zero-order valence-electron chi connectivity index (χ0n) is 18.9. The summed E-state index contributed by atoms with van der Waals surface area (Å²) in [5, 5.41) is 0. The summed E-state index contributed by atoms with van der Waals surface area (Å²) >= 11 is 0. The summed E-state index contributed by atoms with van der Waals surface area (Å²) in [4.78, 5) is 50.7. The molecule has 0 heterocycles. The van der Waals surface area contributed by atoms with Gasteiger partial charge >= 0.3 is 5.97 Å². The lowest BCUT2D eigenvalue weighted by Gasteiger charge is -2.58. The van der Waals surface area contributed by atoms with Gasteiger partial charge in [0, 0.05) is 43.4 Å². The van der Waals surface area contributed by atoms with Crippen LogP contribution in [0.1, 0.15) is 78.6 Å². The monoisotopic (exact) mass is 416 g/mol. The Hall–Kier alpha value is -1.52. The highest BCUT2D eigenvalue weighted by atomic mass is 16.5. The third kappa shape index (κ3) is 3.10. The zero-order valence-corrected chi connectivity index (χ0v) is 18.9. The first-order valence-electron chi connectivity index (χ1n) is 11.8. The maximum absolute atomic E-state index is 13.7. The average Bonchev–Trinajstić information content (AvgIpc) is 3.06. The van der Waals surface area contributed by atoms with Crippen LogP contribution in [-0.2, 0) is 23.9 Å². The molecular formula is C25H36O5. The molecular weight excluding hydrogens is 380 g/mol. The molecule has 0 aromatic rings. The SMILES string of the molecule is COC(=O)CCC(C)C1CCC2C3C(=O)CC4CC(=O)CCC4(C)C3CC(=O)C12C. The highest BCUT2D eigenvalue weighted by molar-refractivity contribution is 5.93. The lowest BCUT2D eigenvalue weighted by Crippen LogP contribution is -2.60. The van der Waals surface area contributed by atoms with Gasteiger partial charge in [-0.15, -0.1) is 0 Å². The predicted octanol–water partition coefficient (Wildman–Crippen LogP) is 4.16. The largest absolute Gasteiger partial charge is 0.469 e. The summed E-state index contributed by atoms with van der Waals surface area (Å²) in [6, 6.07) is 0. The topological polar surface area (TPSA) is 77.5 Å². The number of ketones is 3. The maximum Gasteiger partial charge on any atom is 0.305 e. The van der Waals surface area contributed by atoms with Crippen molar-refractivity contribution in [2.24, 2.45) is 46.3 Å². The number of ether oxygens (including phenoxy) is 1. The zero-order chi connectivity index (χ0) is 21.8. The molecule has 0 radical (unpaired) electrons. The standard InChI is InChI=1S/C25H36O5/c1-14(5-8-22(29)30-4)17-6-7-18-23-19(13-21(28)25(17,18)3)24(2)10-9-16(26)11-15(24)12-20(23)27/h14-15,17-19,23H,5-13H2,1-4H3. The van der Waals surface area contributed by atoms with Gasteiger partial charge in [-0.25, -0.2) is 0 Å². The van der Waals surface area contributed by atoms with E-state index in [1.54, 1.807) is 0 Å². The maximum atomic E-state index is 13.7. The number of carbonyl (C=O) groups is 4. The first-order chi connectivity index (χ1) is 14.1. The highest BCUT2D eigenvalue weighted by Gasteiger charge is 2.66. The Morgan fingerprint density at radius 2 is 1.83 bits per heavy atom. The second kappa shape index (κ2) is 7.56. The van der Waals surface area contributed by atoms with E-state index in [0.717, 1.165) is 25.7 Å². The Labute approximate surface area is 179 Å². The van der Waals surface area contributed by atoms with Crippen LogP contribution in [0.5, 0.6) is 0 Å². The normalized spacial score (nSPS) is 44.1. The van der Waals surface area contributed by atoms with E-state index in [1.807, 2.05) is 0 Å². The van der Waals surface area contributed by atoms with Crippen LogP contribution in [0.3, 0.4) is 0 Å². The van der Waals surface area contributed by atoms with Gasteiger partial charge in [-0.05, 0) is 60.7 Å². The molecule has 5 heteroatoms. The van der Waals surface area contributed by atoms with Crippen molar-refractivity contribution in [1.82, 2.24) is 0 Å². The molecule has 30 heavy (non-hydrogen) atoms. The molecule has 5 nitrogen and oxygen atoms in total. The first-order valence-corrected chi connectivity index (χ1v) is 11.8. The van der Waals surface area contributed by atoms with Crippen LogP contribution in [0, 0.1) is 46.3 Å². The molecule has 4 saturated carbocycles. The van der Waals surface area contributed by atoms with Gasteiger partial charge in [0.15, 0.2) is 0 Å². The molecule has 0 amide bonds. The fourth-order valence-corrected chi connectivity index (χ4v) is 8.04. The summed E-state index contributed by atoms with van der Waals surface area (Å²) in [6.07, 6.45) is 5.87. The van der Waals surface area contributed by atoms with Crippen LogP contribution in [0.2, 0.25) is 0 Å². The van der Waals surface area contributed by atoms with Crippen LogP contribution >= 0.6 is 0 Å². The van der Waals surface area contributed by atoms with E-state index in [4.69, 9.17) is 4.74 Å². The van der Waals surface area contributed by atoms with Gasteiger partial charge in [-0.1, -0.05) is 20.8 Å². The molecule has 0 aromatic heterocycles. The molecule has 0 aromatic carbocycles. The molecule has 0 saturated heterocycles. The van der Waals surface area contributed by atoms with E-state index in [1.165, 1.54) is 7.11 Å². The number of rotatable bonds is 4. The van der Waals surface area contributed by atoms with Crippen molar-refractivity contribution in [2.75, 3.05) is 7.11 Å². The van der Waals surface area contributed by atoms with E-state index in [9.17, 15) is 19.2 Å². The molecule has 4 rings (SSSR count). The molecule has 4 aliphatic carbocycles.